The molecule has 2 rings (SSSR count). The maximum atomic E-state index is 12.0. The van der Waals surface area contributed by atoms with Crippen molar-refractivity contribution < 1.29 is 8.42 Å². The Morgan fingerprint density at radius 3 is 2.29 bits per heavy atom. The summed E-state index contributed by atoms with van der Waals surface area (Å²) in [6.07, 6.45) is 4.73. The standard InChI is InChI=1S/C13H17NO2S/c15-17(16,14-10-5-2-6-11-14)12-9-13-7-3-1-4-8-13/h1,3-4,7-9,12H,2,5-6,10-11H2. The molecule has 92 valence electrons. The lowest BCUT2D eigenvalue weighted by Crippen LogP contribution is -2.34. The first-order valence-corrected chi connectivity index (χ1v) is 7.42. The molecule has 0 aromatic heterocycles. The van der Waals surface area contributed by atoms with Crippen molar-refractivity contribution in [1.29, 1.82) is 0 Å². The number of sulfonamides is 1. The number of piperidine rings is 1. The molecule has 0 atom stereocenters. The van der Waals surface area contributed by atoms with E-state index in [0.717, 1.165) is 24.8 Å². The summed E-state index contributed by atoms with van der Waals surface area (Å²) in [7, 11) is -3.23. The van der Waals surface area contributed by atoms with Crippen LogP contribution in [0.25, 0.3) is 6.08 Å². The Morgan fingerprint density at radius 2 is 1.65 bits per heavy atom. The van der Waals surface area contributed by atoms with Gasteiger partial charge in [0, 0.05) is 18.5 Å². The molecule has 1 aliphatic rings. The lowest BCUT2D eigenvalue weighted by atomic mass is 10.2. The Morgan fingerprint density at radius 1 is 1.00 bits per heavy atom. The van der Waals surface area contributed by atoms with Gasteiger partial charge in [-0.2, -0.15) is 4.31 Å². The molecule has 1 heterocycles. The second kappa shape index (κ2) is 5.47. The smallest absolute Gasteiger partial charge is 0.208 e. The summed E-state index contributed by atoms with van der Waals surface area (Å²) in [6.45, 7) is 1.31. The van der Waals surface area contributed by atoms with Crippen LogP contribution < -0.4 is 0 Å². The van der Waals surface area contributed by atoms with Crippen molar-refractivity contribution >= 4 is 16.1 Å². The van der Waals surface area contributed by atoms with Crippen molar-refractivity contribution in [2.24, 2.45) is 0 Å². The summed E-state index contributed by atoms with van der Waals surface area (Å²) in [6, 6.07) is 9.49. The average molecular weight is 251 g/mol. The van der Waals surface area contributed by atoms with Crippen molar-refractivity contribution in [3.8, 4) is 0 Å². The Hall–Kier alpha value is -1.13. The highest BCUT2D eigenvalue weighted by molar-refractivity contribution is 7.92. The molecule has 0 N–H and O–H groups in total. The quantitative estimate of drug-likeness (QED) is 0.827. The van der Waals surface area contributed by atoms with Gasteiger partial charge in [-0.05, 0) is 24.5 Å². The minimum atomic E-state index is -3.23. The van der Waals surface area contributed by atoms with Gasteiger partial charge in [0.15, 0.2) is 0 Å². The second-order valence-corrected chi connectivity index (χ2v) is 6.04. The van der Waals surface area contributed by atoms with Gasteiger partial charge >= 0.3 is 0 Å². The summed E-state index contributed by atoms with van der Waals surface area (Å²) < 4.78 is 25.6. The Kier molecular flexibility index (Phi) is 3.97. The minimum Gasteiger partial charge on any atom is -0.208 e. The first kappa shape index (κ1) is 12.3. The molecule has 1 aromatic carbocycles. The predicted octanol–water partition coefficient (Wildman–Crippen LogP) is 2.47. The third kappa shape index (κ3) is 3.41. The van der Waals surface area contributed by atoms with Gasteiger partial charge in [-0.25, -0.2) is 8.42 Å². The van der Waals surface area contributed by atoms with Crippen molar-refractivity contribution in [1.82, 2.24) is 4.31 Å². The van der Waals surface area contributed by atoms with Crippen LogP contribution in [-0.4, -0.2) is 25.8 Å². The van der Waals surface area contributed by atoms with E-state index in [1.807, 2.05) is 30.3 Å². The van der Waals surface area contributed by atoms with Crippen LogP contribution in [0.3, 0.4) is 0 Å². The number of hydrogen-bond acceptors (Lipinski definition) is 2. The number of rotatable bonds is 3. The molecule has 0 unspecified atom stereocenters. The van der Waals surface area contributed by atoms with Crippen LogP contribution >= 0.6 is 0 Å². The van der Waals surface area contributed by atoms with Crippen LogP contribution in [0, 0.1) is 0 Å². The van der Waals surface area contributed by atoms with Gasteiger partial charge < -0.3 is 0 Å². The van der Waals surface area contributed by atoms with Gasteiger partial charge in [0.25, 0.3) is 0 Å². The Balaban J connectivity index is 2.09. The van der Waals surface area contributed by atoms with E-state index >= 15 is 0 Å². The van der Waals surface area contributed by atoms with Crippen molar-refractivity contribution in [2.75, 3.05) is 13.1 Å². The second-order valence-electron chi connectivity index (χ2n) is 4.22. The van der Waals surface area contributed by atoms with Crippen LogP contribution in [0.1, 0.15) is 24.8 Å². The van der Waals surface area contributed by atoms with Gasteiger partial charge in [-0.1, -0.05) is 36.8 Å². The van der Waals surface area contributed by atoms with Crippen molar-refractivity contribution in [2.45, 2.75) is 19.3 Å². The fourth-order valence-electron chi connectivity index (χ4n) is 1.93. The summed E-state index contributed by atoms with van der Waals surface area (Å²) in [5.41, 5.74) is 0.910. The van der Waals surface area contributed by atoms with Crippen molar-refractivity contribution in [3.05, 3.63) is 41.3 Å². The SMILES string of the molecule is O=S(=O)(C=Cc1ccccc1)N1CCCCC1. The number of nitrogens with zero attached hydrogens (tertiary/aromatic N) is 1. The van der Waals surface area contributed by atoms with E-state index in [1.54, 1.807) is 10.4 Å². The maximum absolute atomic E-state index is 12.0. The molecule has 0 radical (unpaired) electrons. The molecule has 0 amide bonds. The monoisotopic (exact) mass is 251 g/mol. The predicted molar refractivity (Wildman–Crippen MR) is 69.8 cm³/mol. The molecule has 3 nitrogen and oxygen atoms in total. The summed E-state index contributed by atoms with van der Waals surface area (Å²) in [4.78, 5) is 0. The Bertz CT molecular complexity index is 473. The third-order valence-electron chi connectivity index (χ3n) is 2.91. The largest absolute Gasteiger partial charge is 0.236 e. The minimum absolute atomic E-state index is 0.654. The summed E-state index contributed by atoms with van der Waals surface area (Å²) in [5, 5.41) is 1.31. The van der Waals surface area contributed by atoms with E-state index in [1.165, 1.54) is 5.41 Å². The average Bonchev–Trinajstić information content (AvgIpc) is 2.39. The fourth-order valence-corrected chi connectivity index (χ4v) is 3.20. The van der Waals surface area contributed by atoms with Crippen LogP contribution in [0.2, 0.25) is 0 Å². The van der Waals surface area contributed by atoms with E-state index in [4.69, 9.17) is 0 Å². The number of benzene rings is 1. The molecule has 0 bridgehead atoms. The highest BCUT2D eigenvalue weighted by Crippen LogP contribution is 2.15. The number of hydrogen-bond donors (Lipinski definition) is 0. The molecular formula is C13H17NO2S. The molecule has 4 heteroatoms. The van der Waals surface area contributed by atoms with Gasteiger partial charge in [0.1, 0.15) is 0 Å². The molecule has 0 spiro atoms. The lowest BCUT2D eigenvalue weighted by molar-refractivity contribution is 0.350. The zero-order valence-electron chi connectivity index (χ0n) is 9.75. The summed E-state index contributed by atoms with van der Waals surface area (Å²) >= 11 is 0. The maximum Gasteiger partial charge on any atom is 0.236 e. The first-order chi connectivity index (χ1) is 8.18. The molecule has 0 saturated carbocycles. The molecule has 0 aliphatic carbocycles. The topological polar surface area (TPSA) is 37.4 Å². The van der Waals surface area contributed by atoms with E-state index in [-0.39, 0.29) is 0 Å². The van der Waals surface area contributed by atoms with Crippen LogP contribution in [-0.2, 0) is 10.0 Å². The van der Waals surface area contributed by atoms with Gasteiger partial charge in [0.05, 0.1) is 0 Å². The van der Waals surface area contributed by atoms with E-state index < -0.39 is 10.0 Å². The van der Waals surface area contributed by atoms with E-state index in [9.17, 15) is 8.42 Å². The van der Waals surface area contributed by atoms with Crippen LogP contribution in [0.15, 0.2) is 35.7 Å². The van der Waals surface area contributed by atoms with E-state index in [2.05, 4.69) is 0 Å². The molecule has 1 aromatic rings. The molecule has 1 fully saturated rings. The molecule has 17 heavy (non-hydrogen) atoms. The normalized spacial score (nSPS) is 18.6. The van der Waals surface area contributed by atoms with E-state index in [0.29, 0.717) is 13.1 Å². The molecular weight excluding hydrogens is 234 g/mol. The van der Waals surface area contributed by atoms with Crippen LogP contribution in [0.5, 0.6) is 0 Å². The molecule has 1 saturated heterocycles. The fraction of sp³-hybridized carbons (Fsp3) is 0.385. The van der Waals surface area contributed by atoms with Gasteiger partial charge in [-0.15, -0.1) is 0 Å². The van der Waals surface area contributed by atoms with Gasteiger partial charge in [-0.3, -0.25) is 0 Å². The zero-order chi connectivity index (χ0) is 12.1. The zero-order valence-corrected chi connectivity index (χ0v) is 10.6. The summed E-state index contributed by atoms with van der Waals surface area (Å²) in [5.74, 6) is 0. The third-order valence-corrected chi connectivity index (χ3v) is 4.47. The first-order valence-electron chi connectivity index (χ1n) is 5.92. The van der Waals surface area contributed by atoms with Crippen molar-refractivity contribution in [3.63, 3.8) is 0 Å². The highest BCUT2D eigenvalue weighted by Gasteiger charge is 2.20. The van der Waals surface area contributed by atoms with Crippen LogP contribution in [0.4, 0.5) is 0 Å². The molecule has 1 aliphatic heterocycles. The highest BCUT2D eigenvalue weighted by atomic mass is 32.2. The Labute approximate surface area is 103 Å². The van der Waals surface area contributed by atoms with Gasteiger partial charge in [0.2, 0.25) is 10.0 Å². The lowest BCUT2D eigenvalue weighted by Gasteiger charge is -2.24.